The molecule has 0 heterocycles. The van der Waals surface area contributed by atoms with Gasteiger partial charge in [0, 0.05) is 13.6 Å². The molecule has 4 heteroatoms. The minimum atomic E-state index is -0.959. The number of aryl methyl sites for hydroxylation is 1. The summed E-state index contributed by atoms with van der Waals surface area (Å²) in [5.74, 6) is 0.592. The number of ether oxygens (including phenoxy) is 1. The predicted molar refractivity (Wildman–Crippen MR) is 70.5 cm³/mol. The summed E-state index contributed by atoms with van der Waals surface area (Å²) < 4.78 is 5.26. The van der Waals surface area contributed by atoms with Crippen LogP contribution in [0.25, 0.3) is 0 Å². The van der Waals surface area contributed by atoms with Crippen LogP contribution in [0.3, 0.4) is 0 Å². The molecule has 0 aliphatic rings. The van der Waals surface area contributed by atoms with Crippen LogP contribution in [-0.2, 0) is 17.8 Å². The Bertz CT molecular complexity index is 416. The van der Waals surface area contributed by atoms with Gasteiger partial charge in [-0.3, -0.25) is 4.79 Å². The van der Waals surface area contributed by atoms with Crippen LogP contribution in [0.2, 0.25) is 0 Å². The van der Waals surface area contributed by atoms with E-state index >= 15 is 0 Å². The maximum Gasteiger partial charge on any atom is 0.251 e. The van der Waals surface area contributed by atoms with Crippen LogP contribution >= 0.6 is 0 Å². The zero-order chi connectivity index (χ0) is 13.7. The SMILES string of the molecule is CCc1cc(CN(C)C(=O)C(C)O)ccc1OC. The summed E-state index contributed by atoms with van der Waals surface area (Å²) in [5.41, 5.74) is 2.15. The number of rotatable bonds is 5. The fraction of sp³-hybridized carbons (Fsp3) is 0.500. The second-order valence-corrected chi connectivity index (χ2v) is 4.37. The van der Waals surface area contributed by atoms with Gasteiger partial charge in [0.25, 0.3) is 5.91 Å². The Labute approximate surface area is 108 Å². The van der Waals surface area contributed by atoms with E-state index in [2.05, 4.69) is 6.92 Å². The van der Waals surface area contributed by atoms with Gasteiger partial charge >= 0.3 is 0 Å². The number of benzene rings is 1. The Morgan fingerprint density at radius 1 is 1.50 bits per heavy atom. The number of likely N-dealkylation sites (N-methyl/N-ethyl adjacent to an activating group) is 1. The number of methoxy groups -OCH3 is 1. The van der Waals surface area contributed by atoms with Crippen LogP contribution in [0.15, 0.2) is 18.2 Å². The third-order valence-corrected chi connectivity index (χ3v) is 2.88. The highest BCUT2D eigenvalue weighted by atomic mass is 16.5. The summed E-state index contributed by atoms with van der Waals surface area (Å²) >= 11 is 0. The van der Waals surface area contributed by atoms with E-state index in [1.165, 1.54) is 11.8 Å². The number of carbonyl (C=O) groups excluding carboxylic acids is 1. The second-order valence-electron chi connectivity index (χ2n) is 4.37. The van der Waals surface area contributed by atoms with Gasteiger partial charge in [-0.05, 0) is 30.5 Å². The van der Waals surface area contributed by atoms with Gasteiger partial charge in [-0.1, -0.05) is 19.1 Å². The molecular formula is C14H21NO3. The standard InChI is InChI=1S/C14H21NO3/c1-5-12-8-11(6-7-13(12)18-4)9-15(3)14(17)10(2)16/h6-8,10,16H,5,9H2,1-4H3. The molecule has 4 nitrogen and oxygen atoms in total. The lowest BCUT2D eigenvalue weighted by atomic mass is 10.1. The molecule has 1 rings (SSSR count). The molecule has 1 atom stereocenters. The molecule has 1 N–H and O–H groups in total. The molecule has 0 radical (unpaired) electrons. The van der Waals surface area contributed by atoms with Crippen LogP contribution in [-0.4, -0.2) is 36.2 Å². The van der Waals surface area contributed by atoms with Crippen molar-refractivity contribution in [2.24, 2.45) is 0 Å². The zero-order valence-electron chi connectivity index (χ0n) is 11.4. The minimum absolute atomic E-state index is 0.274. The van der Waals surface area contributed by atoms with Crippen molar-refractivity contribution in [3.8, 4) is 5.75 Å². The molecule has 1 aromatic carbocycles. The van der Waals surface area contributed by atoms with Crippen LogP contribution in [0.1, 0.15) is 25.0 Å². The summed E-state index contributed by atoms with van der Waals surface area (Å²) in [4.78, 5) is 13.1. The molecule has 0 aliphatic heterocycles. The largest absolute Gasteiger partial charge is 0.496 e. The third kappa shape index (κ3) is 3.47. The Kier molecular flexibility index (Phi) is 5.16. The average Bonchev–Trinajstić information content (AvgIpc) is 2.37. The maximum atomic E-state index is 11.6. The first-order valence-electron chi connectivity index (χ1n) is 6.08. The Morgan fingerprint density at radius 2 is 2.17 bits per heavy atom. The van der Waals surface area contributed by atoms with Gasteiger partial charge in [0.05, 0.1) is 7.11 Å². The number of nitrogens with zero attached hydrogens (tertiary/aromatic N) is 1. The van der Waals surface area contributed by atoms with Gasteiger partial charge in [0.1, 0.15) is 11.9 Å². The fourth-order valence-electron chi connectivity index (χ4n) is 1.88. The van der Waals surface area contributed by atoms with E-state index in [4.69, 9.17) is 4.74 Å². The van der Waals surface area contributed by atoms with Crippen molar-refractivity contribution in [3.05, 3.63) is 29.3 Å². The van der Waals surface area contributed by atoms with E-state index in [-0.39, 0.29) is 5.91 Å². The highest BCUT2D eigenvalue weighted by molar-refractivity contribution is 5.79. The van der Waals surface area contributed by atoms with Crippen molar-refractivity contribution in [3.63, 3.8) is 0 Å². The molecule has 1 aromatic rings. The van der Waals surface area contributed by atoms with Gasteiger partial charge in [-0.2, -0.15) is 0 Å². The van der Waals surface area contributed by atoms with E-state index in [0.29, 0.717) is 6.54 Å². The molecule has 0 bridgehead atoms. The van der Waals surface area contributed by atoms with Gasteiger partial charge < -0.3 is 14.7 Å². The number of hydrogen-bond acceptors (Lipinski definition) is 3. The monoisotopic (exact) mass is 251 g/mol. The maximum absolute atomic E-state index is 11.6. The van der Waals surface area contributed by atoms with Gasteiger partial charge in [-0.15, -0.1) is 0 Å². The topological polar surface area (TPSA) is 49.8 Å². The third-order valence-electron chi connectivity index (χ3n) is 2.88. The molecule has 0 aliphatic carbocycles. The van der Waals surface area contributed by atoms with E-state index in [9.17, 15) is 9.90 Å². The first-order valence-corrected chi connectivity index (χ1v) is 6.08. The van der Waals surface area contributed by atoms with Crippen LogP contribution in [0.4, 0.5) is 0 Å². The lowest BCUT2D eigenvalue weighted by Crippen LogP contribution is -2.34. The molecule has 0 aromatic heterocycles. The first kappa shape index (κ1) is 14.5. The smallest absolute Gasteiger partial charge is 0.251 e. The molecule has 0 saturated heterocycles. The molecule has 0 fully saturated rings. The fourth-order valence-corrected chi connectivity index (χ4v) is 1.88. The van der Waals surface area contributed by atoms with Crippen molar-refractivity contribution < 1.29 is 14.6 Å². The lowest BCUT2D eigenvalue weighted by molar-refractivity contribution is -0.138. The van der Waals surface area contributed by atoms with Gasteiger partial charge in [0.2, 0.25) is 0 Å². The highest BCUT2D eigenvalue weighted by Gasteiger charge is 2.15. The quantitative estimate of drug-likeness (QED) is 0.864. The number of aliphatic hydroxyl groups is 1. The molecule has 0 saturated carbocycles. The minimum Gasteiger partial charge on any atom is -0.496 e. The normalized spacial score (nSPS) is 12.1. The summed E-state index contributed by atoms with van der Waals surface area (Å²) in [6.45, 7) is 4.03. The van der Waals surface area contributed by atoms with E-state index in [1.807, 2.05) is 18.2 Å². The van der Waals surface area contributed by atoms with Crippen LogP contribution in [0.5, 0.6) is 5.75 Å². The number of aliphatic hydroxyl groups excluding tert-OH is 1. The predicted octanol–water partition coefficient (Wildman–Crippen LogP) is 1.60. The molecule has 100 valence electrons. The molecule has 1 unspecified atom stereocenters. The van der Waals surface area contributed by atoms with Gasteiger partial charge in [-0.25, -0.2) is 0 Å². The van der Waals surface area contributed by atoms with Gasteiger partial charge in [0.15, 0.2) is 0 Å². The summed E-state index contributed by atoms with van der Waals surface area (Å²) in [6, 6.07) is 5.88. The van der Waals surface area contributed by atoms with E-state index in [1.54, 1.807) is 14.2 Å². The Balaban J connectivity index is 2.82. The van der Waals surface area contributed by atoms with Crippen molar-refractivity contribution >= 4 is 5.91 Å². The highest BCUT2D eigenvalue weighted by Crippen LogP contribution is 2.21. The van der Waals surface area contributed by atoms with Crippen molar-refractivity contribution in [2.45, 2.75) is 32.9 Å². The van der Waals surface area contributed by atoms with Crippen molar-refractivity contribution in [1.29, 1.82) is 0 Å². The van der Waals surface area contributed by atoms with E-state index in [0.717, 1.165) is 23.3 Å². The summed E-state index contributed by atoms with van der Waals surface area (Å²) in [5, 5.41) is 9.24. The summed E-state index contributed by atoms with van der Waals surface area (Å²) in [6.07, 6.45) is -0.0793. The molecule has 1 amide bonds. The summed E-state index contributed by atoms with van der Waals surface area (Å²) in [7, 11) is 3.34. The first-order chi connectivity index (χ1) is 8.49. The van der Waals surface area contributed by atoms with E-state index < -0.39 is 6.10 Å². The molecular weight excluding hydrogens is 230 g/mol. The van der Waals surface area contributed by atoms with Crippen molar-refractivity contribution in [2.75, 3.05) is 14.2 Å². The second kappa shape index (κ2) is 6.40. The van der Waals surface area contributed by atoms with Crippen molar-refractivity contribution in [1.82, 2.24) is 4.90 Å². The zero-order valence-corrected chi connectivity index (χ0v) is 11.4. The number of carbonyl (C=O) groups is 1. The Hall–Kier alpha value is -1.55. The Morgan fingerprint density at radius 3 is 2.67 bits per heavy atom. The molecule has 18 heavy (non-hydrogen) atoms. The molecule has 0 spiro atoms. The van der Waals surface area contributed by atoms with Crippen LogP contribution in [0, 0.1) is 0 Å². The number of hydrogen-bond donors (Lipinski definition) is 1. The lowest BCUT2D eigenvalue weighted by Gasteiger charge is -2.19. The number of amides is 1. The average molecular weight is 251 g/mol. The van der Waals surface area contributed by atoms with Crippen LogP contribution < -0.4 is 4.74 Å².